The minimum Gasteiger partial charge on any atom is -0.370 e. The number of carbonyl (C=O) groups is 5. The Morgan fingerprint density at radius 2 is 1.70 bits per heavy atom. The van der Waals surface area contributed by atoms with Crippen LogP contribution < -0.4 is 33.2 Å². The molecule has 1 fully saturated rings. The molecule has 1 unspecified atom stereocenters. The van der Waals surface area contributed by atoms with Crippen LogP contribution in [-0.4, -0.2) is 72.6 Å². The van der Waals surface area contributed by atoms with Gasteiger partial charge in [0.15, 0.2) is 5.96 Å². The van der Waals surface area contributed by atoms with E-state index in [2.05, 4.69) is 20.9 Å². The van der Waals surface area contributed by atoms with E-state index in [9.17, 15) is 24.0 Å². The Hall–Kier alpha value is -4.16. The Morgan fingerprint density at radius 1 is 1.00 bits per heavy atom. The van der Waals surface area contributed by atoms with Crippen LogP contribution in [0.4, 0.5) is 5.69 Å². The molecule has 1 heterocycles. The van der Waals surface area contributed by atoms with Crippen molar-refractivity contribution < 1.29 is 24.0 Å². The maximum atomic E-state index is 12.5. The lowest BCUT2D eigenvalue weighted by Gasteiger charge is -2.24. The maximum Gasteiger partial charge on any atom is 0.251 e. The summed E-state index contributed by atoms with van der Waals surface area (Å²) in [6.07, 6.45) is 1.19. The quantitative estimate of drug-likeness (QED) is 0.164. The minimum atomic E-state index is -0.705. The molecule has 13 nitrogen and oxygen atoms in total. The van der Waals surface area contributed by atoms with Crippen molar-refractivity contribution in [3.05, 3.63) is 29.8 Å². The lowest BCUT2D eigenvalue weighted by Crippen LogP contribution is -2.50. The molecule has 2 rings (SSSR count). The molecule has 1 atom stereocenters. The minimum absolute atomic E-state index is 0.0942. The molecular formula is C20H28N8O5. The highest BCUT2D eigenvalue weighted by Gasteiger charge is 2.33. The number of hydrogen-bond acceptors (Lipinski definition) is 6. The second-order valence-electron chi connectivity index (χ2n) is 7.29. The molecule has 1 aromatic rings. The number of benzene rings is 1. The number of aliphatic imine (C=N–C) groups is 1. The van der Waals surface area contributed by atoms with Crippen molar-refractivity contribution in [1.82, 2.24) is 15.5 Å². The Balaban J connectivity index is 1.83. The van der Waals surface area contributed by atoms with Gasteiger partial charge in [-0.3, -0.25) is 29.0 Å². The van der Waals surface area contributed by atoms with Crippen molar-refractivity contribution in [2.45, 2.75) is 25.3 Å². The molecule has 5 amide bonds. The Kier molecular flexibility index (Phi) is 9.15. The molecule has 0 aromatic heterocycles. The van der Waals surface area contributed by atoms with Gasteiger partial charge in [0.05, 0.1) is 19.6 Å². The number of likely N-dealkylation sites (tertiary alicyclic amines) is 1. The average molecular weight is 460 g/mol. The third-order valence-corrected chi connectivity index (χ3v) is 4.78. The summed E-state index contributed by atoms with van der Waals surface area (Å²) in [4.78, 5) is 64.8. The summed E-state index contributed by atoms with van der Waals surface area (Å²) in [6, 6.07) is 5.40. The Bertz CT molecular complexity index is 927. The zero-order valence-corrected chi connectivity index (χ0v) is 18.0. The first-order chi connectivity index (χ1) is 15.7. The van der Waals surface area contributed by atoms with Crippen molar-refractivity contribution >= 4 is 41.2 Å². The second kappa shape index (κ2) is 12.0. The lowest BCUT2D eigenvalue weighted by molar-refractivity contribution is -0.138. The van der Waals surface area contributed by atoms with Gasteiger partial charge >= 0.3 is 0 Å². The standard InChI is InChI=1S/C20H28N8O5/c21-15(29)10-25-19(33)14-2-1-9-28(14)17(31)11-26-18(32)12-3-5-13(6-4-12)27-16(30)7-8-24-20(22)23/h3-6,14H,1-2,7-11H2,(H2,21,29)(H,25,33)(H,26,32)(H,27,30)(H4,22,23,24). The van der Waals surface area contributed by atoms with Crippen LogP contribution in [0.2, 0.25) is 0 Å². The molecule has 0 bridgehead atoms. The predicted octanol–water partition coefficient (Wildman–Crippen LogP) is -2.39. The number of rotatable bonds is 10. The first kappa shape index (κ1) is 25.1. The molecule has 1 aliphatic heterocycles. The largest absolute Gasteiger partial charge is 0.370 e. The zero-order valence-electron chi connectivity index (χ0n) is 18.0. The normalized spacial score (nSPS) is 14.8. The highest BCUT2D eigenvalue weighted by Crippen LogP contribution is 2.17. The van der Waals surface area contributed by atoms with Crippen molar-refractivity contribution in [2.24, 2.45) is 22.2 Å². The number of carbonyl (C=O) groups excluding carboxylic acids is 5. The number of nitrogens with zero attached hydrogens (tertiary/aromatic N) is 2. The fourth-order valence-corrected chi connectivity index (χ4v) is 3.20. The average Bonchev–Trinajstić information content (AvgIpc) is 3.26. The van der Waals surface area contributed by atoms with Crippen LogP contribution in [0.25, 0.3) is 0 Å². The number of primary amides is 1. The van der Waals surface area contributed by atoms with Gasteiger partial charge in [-0.05, 0) is 37.1 Å². The van der Waals surface area contributed by atoms with Gasteiger partial charge < -0.3 is 38.1 Å². The van der Waals surface area contributed by atoms with Gasteiger partial charge in [0, 0.05) is 24.2 Å². The molecule has 0 radical (unpaired) electrons. The van der Waals surface area contributed by atoms with Gasteiger partial charge in [0.2, 0.25) is 23.6 Å². The van der Waals surface area contributed by atoms with Crippen LogP contribution in [0.3, 0.4) is 0 Å². The van der Waals surface area contributed by atoms with E-state index in [1.807, 2.05) is 0 Å². The maximum absolute atomic E-state index is 12.5. The molecule has 33 heavy (non-hydrogen) atoms. The van der Waals surface area contributed by atoms with Crippen molar-refractivity contribution in [2.75, 3.05) is 31.5 Å². The number of nitrogens with one attached hydrogen (secondary N) is 3. The third kappa shape index (κ3) is 8.12. The summed E-state index contributed by atoms with van der Waals surface area (Å²) in [5.74, 6) is -2.41. The summed E-state index contributed by atoms with van der Waals surface area (Å²) in [5.41, 5.74) is 16.2. The van der Waals surface area contributed by atoms with Gasteiger partial charge in [0.1, 0.15) is 6.04 Å². The van der Waals surface area contributed by atoms with Crippen molar-refractivity contribution in [3.63, 3.8) is 0 Å². The SMILES string of the molecule is NC(=O)CNC(=O)C1CCCN1C(=O)CNC(=O)c1ccc(NC(=O)CCN=C(N)N)cc1. The first-order valence-electron chi connectivity index (χ1n) is 10.3. The molecule has 0 saturated carbocycles. The summed E-state index contributed by atoms with van der Waals surface area (Å²) in [7, 11) is 0. The third-order valence-electron chi connectivity index (χ3n) is 4.78. The molecule has 13 heteroatoms. The molecule has 178 valence electrons. The molecule has 1 saturated heterocycles. The highest BCUT2D eigenvalue weighted by atomic mass is 16.2. The van der Waals surface area contributed by atoms with E-state index in [4.69, 9.17) is 17.2 Å². The van der Waals surface area contributed by atoms with E-state index in [1.54, 1.807) is 12.1 Å². The monoisotopic (exact) mass is 460 g/mol. The highest BCUT2D eigenvalue weighted by molar-refractivity contribution is 5.98. The zero-order chi connectivity index (χ0) is 24.4. The van der Waals surface area contributed by atoms with E-state index < -0.39 is 29.7 Å². The Labute approximate surface area is 190 Å². The number of anilines is 1. The first-order valence-corrected chi connectivity index (χ1v) is 10.3. The molecule has 1 aliphatic rings. The smallest absolute Gasteiger partial charge is 0.251 e. The number of amides is 5. The van der Waals surface area contributed by atoms with E-state index in [1.165, 1.54) is 17.0 Å². The van der Waals surface area contributed by atoms with Crippen LogP contribution in [0.1, 0.15) is 29.6 Å². The van der Waals surface area contributed by atoms with E-state index >= 15 is 0 Å². The van der Waals surface area contributed by atoms with Gasteiger partial charge in [-0.15, -0.1) is 0 Å². The summed E-state index contributed by atoms with van der Waals surface area (Å²) in [5, 5.41) is 7.57. The van der Waals surface area contributed by atoms with E-state index in [0.717, 1.165) is 0 Å². The van der Waals surface area contributed by atoms with Crippen LogP contribution >= 0.6 is 0 Å². The molecular weight excluding hydrogens is 432 g/mol. The summed E-state index contributed by atoms with van der Waals surface area (Å²) >= 11 is 0. The van der Waals surface area contributed by atoms with Crippen LogP contribution in [0.5, 0.6) is 0 Å². The number of guanidine groups is 1. The van der Waals surface area contributed by atoms with Gasteiger partial charge in [-0.1, -0.05) is 0 Å². The van der Waals surface area contributed by atoms with Crippen LogP contribution in [0.15, 0.2) is 29.3 Å². The summed E-state index contributed by atoms with van der Waals surface area (Å²) in [6.45, 7) is -0.0587. The summed E-state index contributed by atoms with van der Waals surface area (Å²) < 4.78 is 0. The second-order valence-corrected chi connectivity index (χ2v) is 7.29. The number of hydrogen-bond donors (Lipinski definition) is 6. The van der Waals surface area contributed by atoms with Crippen LogP contribution in [-0.2, 0) is 19.2 Å². The molecule has 0 aliphatic carbocycles. The van der Waals surface area contributed by atoms with E-state index in [0.29, 0.717) is 30.6 Å². The Morgan fingerprint density at radius 3 is 2.33 bits per heavy atom. The van der Waals surface area contributed by atoms with Gasteiger partial charge in [0.25, 0.3) is 5.91 Å². The van der Waals surface area contributed by atoms with E-state index in [-0.39, 0.29) is 37.9 Å². The number of nitrogens with two attached hydrogens (primary N) is 3. The molecule has 9 N–H and O–H groups in total. The van der Waals surface area contributed by atoms with Crippen molar-refractivity contribution in [1.29, 1.82) is 0 Å². The fourth-order valence-electron chi connectivity index (χ4n) is 3.20. The van der Waals surface area contributed by atoms with Crippen LogP contribution in [0, 0.1) is 0 Å². The van der Waals surface area contributed by atoms with Gasteiger partial charge in [-0.2, -0.15) is 0 Å². The molecule has 1 aromatic carbocycles. The molecule has 0 spiro atoms. The fraction of sp³-hybridized carbons (Fsp3) is 0.400. The lowest BCUT2D eigenvalue weighted by atomic mass is 10.2. The predicted molar refractivity (Wildman–Crippen MR) is 120 cm³/mol. The topological polar surface area (TPSA) is 215 Å². The van der Waals surface area contributed by atoms with Gasteiger partial charge in [-0.25, -0.2) is 0 Å². The van der Waals surface area contributed by atoms with Crippen molar-refractivity contribution in [3.8, 4) is 0 Å².